The van der Waals surface area contributed by atoms with Gasteiger partial charge >= 0.3 is 6.18 Å². The topological polar surface area (TPSA) is 41.5 Å². The maximum absolute atomic E-state index is 12.7. The van der Waals surface area contributed by atoms with E-state index >= 15 is 0 Å². The van der Waals surface area contributed by atoms with Crippen LogP contribution in [0.5, 0.6) is 5.75 Å². The number of nitrogens with zero attached hydrogens (tertiary/aromatic N) is 4. The van der Waals surface area contributed by atoms with E-state index in [0.29, 0.717) is 19.7 Å². The van der Waals surface area contributed by atoms with Gasteiger partial charge in [-0.3, -0.25) is 4.90 Å². The SMILES string of the molecule is FC(F)(F)c1ccnc(N2CCN(CCOc3ccccc3)CC2)n1. The van der Waals surface area contributed by atoms with E-state index in [-0.39, 0.29) is 5.95 Å². The van der Waals surface area contributed by atoms with Crippen LogP contribution in [0, 0.1) is 0 Å². The third kappa shape index (κ3) is 4.82. The number of benzene rings is 1. The monoisotopic (exact) mass is 352 g/mol. The standard InChI is InChI=1S/C17H19F3N4O/c18-17(19,20)15-6-7-21-16(22-15)24-10-8-23(9-11-24)12-13-25-14-4-2-1-3-5-14/h1-7H,8-13H2. The highest BCUT2D eigenvalue weighted by molar-refractivity contribution is 5.31. The minimum atomic E-state index is -4.45. The van der Waals surface area contributed by atoms with Crippen LogP contribution in [0.2, 0.25) is 0 Å². The van der Waals surface area contributed by atoms with Gasteiger partial charge in [0.1, 0.15) is 18.1 Å². The van der Waals surface area contributed by atoms with Gasteiger partial charge in [-0.15, -0.1) is 0 Å². The fourth-order valence-corrected chi connectivity index (χ4v) is 2.64. The van der Waals surface area contributed by atoms with Gasteiger partial charge in [0, 0.05) is 38.9 Å². The highest BCUT2D eigenvalue weighted by Gasteiger charge is 2.33. The van der Waals surface area contributed by atoms with Crippen LogP contribution in [0.1, 0.15) is 5.69 Å². The first-order valence-electron chi connectivity index (χ1n) is 8.08. The zero-order valence-corrected chi connectivity index (χ0v) is 13.6. The van der Waals surface area contributed by atoms with Crippen molar-refractivity contribution in [1.29, 1.82) is 0 Å². The molecule has 134 valence electrons. The molecule has 2 heterocycles. The van der Waals surface area contributed by atoms with Crippen LogP contribution in [-0.4, -0.2) is 54.2 Å². The van der Waals surface area contributed by atoms with Gasteiger partial charge in [-0.25, -0.2) is 9.97 Å². The number of rotatable bonds is 5. The lowest BCUT2D eigenvalue weighted by Crippen LogP contribution is -2.48. The molecule has 1 aliphatic rings. The van der Waals surface area contributed by atoms with Gasteiger partial charge < -0.3 is 9.64 Å². The Hall–Kier alpha value is -2.35. The van der Waals surface area contributed by atoms with Crippen LogP contribution >= 0.6 is 0 Å². The molecular weight excluding hydrogens is 333 g/mol. The second kappa shape index (κ2) is 7.69. The summed E-state index contributed by atoms with van der Waals surface area (Å²) < 4.78 is 43.9. The smallest absolute Gasteiger partial charge is 0.433 e. The summed E-state index contributed by atoms with van der Waals surface area (Å²) in [7, 11) is 0. The lowest BCUT2D eigenvalue weighted by Gasteiger charge is -2.34. The molecule has 5 nitrogen and oxygen atoms in total. The molecule has 0 N–H and O–H groups in total. The number of hydrogen-bond acceptors (Lipinski definition) is 5. The summed E-state index contributed by atoms with van der Waals surface area (Å²) >= 11 is 0. The first-order valence-corrected chi connectivity index (χ1v) is 8.08. The number of piperazine rings is 1. The molecule has 3 rings (SSSR count). The van der Waals surface area contributed by atoms with Gasteiger partial charge in [0.2, 0.25) is 5.95 Å². The number of para-hydroxylation sites is 1. The first kappa shape index (κ1) is 17.5. The fraction of sp³-hybridized carbons (Fsp3) is 0.412. The highest BCUT2D eigenvalue weighted by Crippen LogP contribution is 2.28. The quantitative estimate of drug-likeness (QED) is 0.828. The molecule has 0 atom stereocenters. The van der Waals surface area contributed by atoms with E-state index in [0.717, 1.165) is 37.6 Å². The van der Waals surface area contributed by atoms with Crippen LogP contribution in [-0.2, 0) is 6.18 Å². The second-order valence-electron chi connectivity index (χ2n) is 5.73. The lowest BCUT2D eigenvalue weighted by atomic mass is 10.3. The van der Waals surface area contributed by atoms with E-state index in [2.05, 4.69) is 14.9 Å². The summed E-state index contributed by atoms with van der Waals surface area (Å²) in [6, 6.07) is 10.5. The van der Waals surface area contributed by atoms with E-state index in [9.17, 15) is 13.2 Å². The Morgan fingerprint density at radius 2 is 1.72 bits per heavy atom. The van der Waals surface area contributed by atoms with E-state index in [4.69, 9.17) is 4.74 Å². The molecule has 1 aliphatic heterocycles. The lowest BCUT2D eigenvalue weighted by molar-refractivity contribution is -0.141. The van der Waals surface area contributed by atoms with Crippen molar-refractivity contribution in [2.75, 3.05) is 44.2 Å². The van der Waals surface area contributed by atoms with E-state index in [1.165, 1.54) is 0 Å². The second-order valence-corrected chi connectivity index (χ2v) is 5.73. The van der Waals surface area contributed by atoms with Crippen LogP contribution in [0.25, 0.3) is 0 Å². The molecular formula is C17H19F3N4O. The Kier molecular flexibility index (Phi) is 5.37. The van der Waals surface area contributed by atoms with Gasteiger partial charge in [-0.1, -0.05) is 18.2 Å². The van der Waals surface area contributed by atoms with Gasteiger partial charge in [0.25, 0.3) is 0 Å². The van der Waals surface area contributed by atoms with Crippen molar-refractivity contribution in [3.05, 3.63) is 48.3 Å². The molecule has 0 aliphatic carbocycles. The number of aromatic nitrogens is 2. The van der Waals surface area contributed by atoms with Crippen molar-refractivity contribution in [3.8, 4) is 5.75 Å². The molecule has 8 heteroatoms. The molecule has 0 saturated carbocycles. The number of halogens is 3. The number of anilines is 1. The molecule has 0 bridgehead atoms. The zero-order chi connectivity index (χ0) is 17.7. The molecule has 2 aromatic rings. The summed E-state index contributed by atoms with van der Waals surface area (Å²) in [5.74, 6) is 0.966. The Labute approximate surface area is 144 Å². The zero-order valence-electron chi connectivity index (χ0n) is 13.6. The average molecular weight is 352 g/mol. The number of ether oxygens (including phenoxy) is 1. The highest BCUT2D eigenvalue weighted by atomic mass is 19.4. The maximum atomic E-state index is 12.7. The number of alkyl halides is 3. The van der Waals surface area contributed by atoms with Crippen LogP contribution in [0.4, 0.5) is 19.1 Å². The first-order chi connectivity index (χ1) is 12.0. The van der Waals surface area contributed by atoms with Crippen LogP contribution in [0.15, 0.2) is 42.6 Å². The summed E-state index contributed by atoms with van der Waals surface area (Å²) in [5.41, 5.74) is -0.906. The van der Waals surface area contributed by atoms with Crippen molar-refractivity contribution >= 4 is 5.95 Å². The van der Waals surface area contributed by atoms with Crippen LogP contribution in [0.3, 0.4) is 0 Å². The molecule has 0 radical (unpaired) electrons. The van der Waals surface area contributed by atoms with Gasteiger partial charge in [0.15, 0.2) is 0 Å². The summed E-state index contributed by atoms with van der Waals surface area (Å²) in [5, 5.41) is 0. The molecule has 0 unspecified atom stereocenters. The summed E-state index contributed by atoms with van der Waals surface area (Å²) in [6.45, 7) is 3.99. The minimum Gasteiger partial charge on any atom is -0.492 e. The average Bonchev–Trinajstić information content (AvgIpc) is 2.63. The van der Waals surface area contributed by atoms with Gasteiger partial charge in [-0.05, 0) is 18.2 Å². The normalized spacial score (nSPS) is 16.0. The third-order valence-electron chi connectivity index (χ3n) is 4.01. The van der Waals surface area contributed by atoms with E-state index in [1.54, 1.807) is 4.90 Å². The third-order valence-corrected chi connectivity index (χ3v) is 4.01. The maximum Gasteiger partial charge on any atom is 0.433 e. The van der Waals surface area contributed by atoms with E-state index in [1.807, 2.05) is 30.3 Å². The Bertz CT molecular complexity index is 673. The van der Waals surface area contributed by atoms with Crippen molar-refractivity contribution in [1.82, 2.24) is 14.9 Å². The van der Waals surface area contributed by atoms with E-state index < -0.39 is 11.9 Å². The molecule has 1 saturated heterocycles. The van der Waals surface area contributed by atoms with Crippen LogP contribution < -0.4 is 9.64 Å². The molecule has 0 spiro atoms. The molecule has 1 fully saturated rings. The van der Waals surface area contributed by atoms with Crippen molar-refractivity contribution in [3.63, 3.8) is 0 Å². The van der Waals surface area contributed by atoms with Gasteiger partial charge in [-0.2, -0.15) is 13.2 Å². The predicted molar refractivity (Wildman–Crippen MR) is 87.6 cm³/mol. The molecule has 25 heavy (non-hydrogen) atoms. The Morgan fingerprint density at radius 1 is 1.00 bits per heavy atom. The molecule has 1 aromatic heterocycles. The fourth-order valence-electron chi connectivity index (χ4n) is 2.64. The van der Waals surface area contributed by atoms with Crippen molar-refractivity contribution in [2.45, 2.75) is 6.18 Å². The summed E-state index contributed by atoms with van der Waals surface area (Å²) in [6.07, 6.45) is -3.29. The molecule has 1 aromatic carbocycles. The number of hydrogen-bond donors (Lipinski definition) is 0. The summed E-state index contributed by atoms with van der Waals surface area (Å²) in [4.78, 5) is 11.6. The Balaban J connectivity index is 1.47. The molecule has 0 amide bonds. The van der Waals surface area contributed by atoms with Crippen molar-refractivity contribution in [2.24, 2.45) is 0 Å². The van der Waals surface area contributed by atoms with Crippen molar-refractivity contribution < 1.29 is 17.9 Å². The predicted octanol–water partition coefficient (Wildman–Crippen LogP) is 2.70. The largest absolute Gasteiger partial charge is 0.492 e. The Morgan fingerprint density at radius 3 is 2.40 bits per heavy atom. The minimum absolute atomic E-state index is 0.134. The van der Waals surface area contributed by atoms with Gasteiger partial charge in [0.05, 0.1) is 0 Å².